The molecule has 94 valence electrons. The normalized spacial score (nSPS) is 18.0. The van der Waals surface area contributed by atoms with Crippen molar-refractivity contribution in [2.75, 3.05) is 51.5 Å². The smallest absolute Gasteiger partial charge is 0.238 e. The predicted molar refractivity (Wildman–Crippen MR) is 67.9 cm³/mol. The van der Waals surface area contributed by atoms with Crippen LogP contribution in [0.25, 0.3) is 0 Å². The fraction of sp³-hybridized carbons (Fsp3) is 0.545. The van der Waals surface area contributed by atoms with Gasteiger partial charge in [-0.3, -0.25) is 0 Å². The molecule has 2 heterocycles. The van der Waals surface area contributed by atoms with Crippen LogP contribution >= 0.6 is 0 Å². The van der Waals surface area contributed by atoms with Crippen LogP contribution in [0.2, 0.25) is 0 Å². The van der Waals surface area contributed by atoms with Crippen molar-refractivity contribution in [1.29, 1.82) is 0 Å². The Morgan fingerprint density at radius 2 is 2.00 bits per heavy atom. The van der Waals surface area contributed by atoms with E-state index < -0.39 is 0 Å². The number of pyridine rings is 1. The van der Waals surface area contributed by atoms with Crippen molar-refractivity contribution in [1.82, 2.24) is 14.9 Å². The second-order valence-corrected chi connectivity index (χ2v) is 4.20. The fourth-order valence-electron chi connectivity index (χ4n) is 1.76. The highest BCUT2D eigenvalue weighted by Gasteiger charge is 2.14. The lowest BCUT2D eigenvalue weighted by Crippen LogP contribution is -2.47. The van der Waals surface area contributed by atoms with Crippen LogP contribution in [0, 0.1) is 0 Å². The van der Waals surface area contributed by atoms with Gasteiger partial charge in [-0.15, -0.1) is 0 Å². The summed E-state index contributed by atoms with van der Waals surface area (Å²) in [4.78, 5) is 6.59. The minimum atomic E-state index is 0.462. The average molecular weight is 237 g/mol. The Labute approximate surface area is 101 Å². The second kappa shape index (κ2) is 5.20. The predicted octanol–water partition coefficient (Wildman–Crippen LogP) is 0.247. The quantitative estimate of drug-likeness (QED) is 0.785. The van der Waals surface area contributed by atoms with Crippen molar-refractivity contribution in [3.8, 4) is 5.88 Å². The molecule has 0 aliphatic carbocycles. The zero-order chi connectivity index (χ0) is 12.3. The molecule has 0 atom stereocenters. The number of hydrazine groups is 1. The molecule has 1 saturated heterocycles. The number of nitrogens with two attached hydrogens (primary N) is 1. The average Bonchev–Trinajstić information content (AvgIpc) is 2.34. The summed E-state index contributed by atoms with van der Waals surface area (Å²) in [6.07, 6.45) is 0. The molecule has 0 bridgehead atoms. The lowest BCUT2D eigenvalue weighted by Gasteiger charge is -2.32. The largest absolute Gasteiger partial charge is 0.479 e. The number of nitrogens with zero attached hydrogens (tertiary/aromatic N) is 3. The molecule has 17 heavy (non-hydrogen) atoms. The number of hydrogen-bond acceptors (Lipinski definition) is 6. The maximum absolute atomic E-state index is 5.72. The van der Waals surface area contributed by atoms with Gasteiger partial charge in [-0.1, -0.05) is 0 Å². The van der Waals surface area contributed by atoms with E-state index in [2.05, 4.69) is 27.4 Å². The molecule has 0 spiro atoms. The van der Waals surface area contributed by atoms with Gasteiger partial charge in [-0.05, 0) is 19.2 Å². The highest BCUT2D eigenvalue weighted by atomic mass is 16.5. The molecular weight excluding hydrogens is 218 g/mol. The Hall–Kier alpha value is -1.53. The van der Waals surface area contributed by atoms with E-state index in [1.54, 1.807) is 13.2 Å². The van der Waals surface area contributed by atoms with Crippen LogP contribution in [0.4, 0.5) is 11.5 Å². The van der Waals surface area contributed by atoms with E-state index in [4.69, 9.17) is 10.5 Å². The Kier molecular flexibility index (Phi) is 3.65. The summed E-state index contributed by atoms with van der Waals surface area (Å²) in [5.74, 6) is 1.23. The van der Waals surface area contributed by atoms with Gasteiger partial charge in [-0.25, -0.2) is 5.01 Å². The summed E-state index contributed by atoms with van der Waals surface area (Å²) in [5.41, 5.74) is 9.53. The van der Waals surface area contributed by atoms with Gasteiger partial charge in [-0.2, -0.15) is 4.98 Å². The van der Waals surface area contributed by atoms with Gasteiger partial charge in [0.15, 0.2) is 0 Å². The van der Waals surface area contributed by atoms with E-state index in [0.29, 0.717) is 11.6 Å². The SMILES string of the molecule is COc1nc(NN2CCN(C)CC2)ccc1N. The number of rotatable bonds is 3. The van der Waals surface area contributed by atoms with E-state index in [1.807, 2.05) is 6.07 Å². The van der Waals surface area contributed by atoms with E-state index in [1.165, 1.54) is 0 Å². The Bertz CT molecular complexity index is 376. The molecule has 1 aliphatic rings. The zero-order valence-corrected chi connectivity index (χ0v) is 10.3. The number of ether oxygens (including phenoxy) is 1. The van der Waals surface area contributed by atoms with Crippen LogP contribution in [-0.4, -0.2) is 55.2 Å². The first-order valence-corrected chi connectivity index (χ1v) is 5.69. The molecule has 6 heteroatoms. The summed E-state index contributed by atoms with van der Waals surface area (Å²) in [6, 6.07) is 3.65. The van der Waals surface area contributed by atoms with Crippen LogP contribution in [0.15, 0.2) is 12.1 Å². The molecule has 1 aliphatic heterocycles. The molecule has 6 nitrogen and oxygen atoms in total. The van der Waals surface area contributed by atoms with Gasteiger partial charge in [0.25, 0.3) is 0 Å². The fourth-order valence-corrected chi connectivity index (χ4v) is 1.76. The van der Waals surface area contributed by atoms with Crippen LogP contribution in [-0.2, 0) is 0 Å². The number of nitrogens with one attached hydrogen (secondary N) is 1. The van der Waals surface area contributed by atoms with E-state index >= 15 is 0 Å². The standard InChI is InChI=1S/C11H19N5O/c1-15-5-7-16(8-6-15)14-10-4-3-9(12)11(13-10)17-2/h3-4H,5-8,12H2,1-2H3,(H,13,14). The van der Waals surface area contributed by atoms with Crippen LogP contribution < -0.4 is 15.9 Å². The number of anilines is 2. The molecular formula is C11H19N5O. The van der Waals surface area contributed by atoms with Crippen molar-refractivity contribution < 1.29 is 4.74 Å². The zero-order valence-electron chi connectivity index (χ0n) is 10.3. The molecule has 0 amide bonds. The first kappa shape index (κ1) is 11.9. The first-order valence-electron chi connectivity index (χ1n) is 5.69. The van der Waals surface area contributed by atoms with Crippen molar-refractivity contribution >= 4 is 11.5 Å². The lowest BCUT2D eigenvalue weighted by atomic mass is 10.4. The van der Waals surface area contributed by atoms with Gasteiger partial charge >= 0.3 is 0 Å². The number of piperazine rings is 1. The number of likely N-dealkylation sites (N-methyl/N-ethyl adjacent to an activating group) is 1. The molecule has 0 aromatic carbocycles. The number of nitrogen functional groups attached to an aromatic ring is 1. The highest BCUT2D eigenvalue weighted by molar-refractivity contribution is 5.53. The van der Waals surface area contributed by atoms with Crippen LogP contribution in [0.3, 0.4) is 0 Å². The molecule has 0 unspecified atom stereocenters. The van der Waals surface area contributed by atoms with Gasteiger partial charge in [0.2, 0.25) is 5.88 Å². The lowest BCUT2D eigenvalue weighted by molar-refractivity contribution is 0.178. The third-order valence-corrected chi connectivity index (χ3v) is 2.86. The molecule has 0 saturated carbocycles. The summed E-state index contributed by atoms with van der Waals surface area (Å²) >= 11 is 0. The molecule has 1 fully saturated rings. The molecule has 1 aromatic heterocycles. The van der Waals surface area contributed by atoms with E-state index in [0.717, 1.165) is 32.0 Å². The minimum Gasteiger partial charge on any atom is -0.479 e. The summed E-state index contributed by atoms with van der Waals surface area (Å²) < 4.78 is 5.09. The maximum Gasteiger partial charge on any atom is 0.238 e. The maximum atomic E-state index is 5.72. The summed E-state index contributed by atoms with van der Waals surface area (Å²) in [6.45, 7) is 4.06. The number of aromatic nitrogens is 1. The third-order valence-electron chi connectivity index (χ3n) is 2.86. The number of hydrogen-bond donors (Lipinski definition) is 2. The minimum absolute atomic E-state index is 0.462. The van der Waals surface area contributed by atoms with Crippen LogP contribution in [0.5, 0.6) is 5.88 Å². The van der Waals surface area contributed by atoms with Crippen molar-refractivity contribution in [2.24, 2.45) is 0 Å². The molecule has 0 radical (unpaired) electrons. The van der Waals surface area contributed by atoms with Crippen LogP contribution in [0.1, 0.15) is 0 Å². The Morgan fingerprint density at radius 3 is 2.65 bits per heavy atom. The van der Waals surface area contributed by atoms with Crippen molar-refractivity contribution in [3.63, 3.8) is 0 Å². The van der Waals surface area contributed by atoms with E-state index in [9.17, 15) is 0 Å². The second-order valence-electron chi connectivity index (χ2n) is 4.20. The van der Waals surface area contributed by atoms with Gasteiger partial charge < -0.3 is 20.8 Å². The Morgan fingerprint density at radius 1 is 1.29 bits per heavy atom. The summed E-state index contributed by atoms with van der Waals surface area (Å²) in [7, 11) is 3.69. The van der Waals surface area contributed by atoms with Crippen molar-refractivity contribution in [3.05, 3.63) is 12.1 Å². The summed E-state index contributed by atoms with van der Waals surface area (Å²) in [5, 5.41) is 2.15. The monoisotopic (exact) mass is 237 g/mol. The van der Waals surface area contributed by atoms with Crippen molar-refractivity contribution in [2.45, 2.75) is 0 Å². The van der Waals surface area contributed by atoms with Gasteiger partial charge in [0, 0.05) is 26.2 Å². The third kappa shape index (κ3) is 2.98. The molecule has 3 N–H and O–H groups in total. The van der Waals surface area contributed by atoms with Gasteiger partial charge in [0.1, 0.15) is 5.82 Å². The van der Waals surface area contributed by atoms with E-state index in [-0.39, 0.29) is 0 Å². The molecule has 2 rings (SSSR count). The van der Waals surface area contributed by atoms with Gasteiger partial charge in [0.05, 0.1) is 12.8 Å². The molecule has 1 aromatic rings. The first-order chi connectivity index (χ1) is 8.19. The highest BCUT2D eigenvalue weighted by Crippen LogP contribution is 2.20. The Balaban J connectivity index is 1.99. The number of methoxy groups -OCH3 is 1. The topological polar surface area (TPSA) is 66.7 Å².